The average Bonchev–Trinajstić information content (AvgIpc) is 3.40. The van der Waals surface area contributed by atoms with Gasteiger partial charge >= 0.3 is 6.18 Å². The van der Waals surface area contributed by atoms with E-state index in [9.17, 15) is 13.2 Å². The molecule has 0 aliphatic carbocycles. The zero-order valence-electron chi connectivity index (χ0n) is 18.5. The van der Waals surface area contributed by atoms with Gasteiger partial charge < -0.3 is 15.8 Å². The molecule has 2 aromatic carbocycles. The van der Waals surface area contributed by atoms with Gasteiger partial charge in [0, 0.05) is 36.8 Å². The summed E-state index contributed by atoms with van der Waals surface area (Å²) < 4.78 is 45.3. The third-order valence-corrected chi connectivity index (χ3v) is 6.46. The van der Waals surface area contributed by atoms with Gasteiger partial charge in [-0.2, -0.15) is 13.2 Å². The van der Waals surface area contributed by atoms with Gasteiger partial charge in [-0.15, -0.1) is 0 Å². The van der Waals surface area contributed by atoms with E-state index in [2.05, 4.69) is 32.3 Å². The van der Waals surface area contributed by atoms with Crippen LogP contribution >= 0.6 is 0 Å². The second kappa shape index (κ2) is 8.14. The summed E-state index contributed by atoms with van der Waals surface area (Å²) in [7, 11) is 0. The quantitative estimate of drug-likeness (QED) is 0.548. The van der Waals surface area contributed by atoms with Crippen molar-refractivity contribution in [2.75, 3.05) is 24.3 Å². The second-order valence-corrected chi connectivity index (χ2v) is 8.93. The maximum absolute atomic E-state index is 13.3. The first kappa shape index (κ1) is 21.9. The number of nitrogens with one attached hydrogen (secondary N) is 1. The summed E-state index contributed by atoms with van der Waals surface area (Å²) in [6, 6.07) is 7.84. The number of benzene rings is 2. The highest BCUT2D eigenvalue weighted by Crippen LogP contribution is 2.35. The van der Waals surface area contributed by atoms with Gasteiger partial charge in [0.05, 0.1) is 23.7 Å². The van der Waals surface area contributed by atoms with E-state index in [1.54, 1.807) is 13.0 Å². The maximum Gasteiger partial charge on any atom is 0.416 e. The molecular weight excluding hydrogens is 431 g/mol. The lowest BCUT2D eigenvalue weighted by Gasteiger charge is -2.21. The second-order valence-electron chi connectivity index (χ2n) is 8.93. The summed E-state index contributed by atoms with van der Waals surface area (Å²) in [5.41, 5.74) is 8.81. The number of ether oxygens (including phenoxy) is 1. The van der Waals surface area contributed by atoms with Crippen molar-refractivity contribution in [2.45, 2.75) is 51.6 Å². The molecule has 2 atom stereocenters. The van der Waals surface area contributed by atoms with Crippen molar-refractivity contribution >= 4 is 22.4 Å². The Labute approximate surface area is 190 Å². The monoisotopic (exact) mass is 457 g/mol. The minimum atomic E-state index is -4.46. The molecule has 174 valence electrons. The molecule has 1 aromatic heterocycles. The van der Waals surface area contributed by atoms with E-state index in [1.807, 2.05) is 6.92 Å². The van der Waals surface area contributed by atoms with Gasteiger partial charge in [0.15, 0.2) is 0 Å². The molecule has 2 aliphatic heterocycles. The number of halogens is 3. The highest BCUT2D eigenvalue weighted by atomic mass is 19.4. The van der Waals surface area contributed by atoms with Gasteiger partial charge in [0.1, 0.15) is 11.6 Å². The Kier molecular flexibility index (Phi) is 5.41. The molecule has 0 radical (unpaired) electrons. The SMILES string of the molecule is Cc1nc(N[C@H](C)c2cc(N)cc(C(F)(F)F)c2)c2cc3c(cc2n1)CN(C1CCOC1)C3. The summed E-state index contributed by atoms with van der Waals surface area (Å²) in [6.07, 6.45) is -3.42. The molecule has 6 nitrogen and oxygen atoms in total. The molecule has 3 N–H and O–H groups in total. The zero-order chi connectivity index (χ0) is 23.3. The fraction of sp³-hybridized carbons (Fsp3) is 0.417. The predicted octanol–water partition coefficient (Wildman–Crippen LogP) is 4.82. The van der Waals surface area contributed by atoms with Crippen molar-refractivity contribution in [1.82, 2.24) is 14.9 Å². The first-order chi connectivity index (χ1) is 15.7. The van der Waals surface area contributed by atoms with E-state index >= 15 is 0 Å². The number of alkyl halides is 3. The van der Waals surface area contributed by atoms with Crippen molar-refractivity contribution in [3.8, 4) is 0 Å². The van der Waals surface area contributed by atoms with Gasteiger partial charge in [0.2, 0.25) is 0 Å². The molecule has 2 aliphatic rings. The predicted molar refractivity (Wildman–Crippen MR) is 121 cm³/mol. The van der Waals surface area contributed by atoms with Crippen LogP contribution in [-0.4, -0.2) is 34.1 Å². The van der Waals surface area contributed by atoms with Crippen molar-refractivity contribution < 1.29 is 17.9 Å². The van der Waals surface area contributed by atoms with Gasteiger partial charge in [-0.05, 0) is 67.3 Å². The molecule has 3 aromatic rings. The maximum atomic E-state index is 13.3. The van der Waals surface area contributed by atoms with Crippen molar-refractivity contribution in [1.29, 1.82) is 0 Å². The summed E-state index contributed by atoms with van der Waals surface area (Å²) in [4.78, 5) is 11.6. The highest BCUT2D eigenvalue weighted by Gasteiger charge is 2.32. The summed E-state index contributed by atoms with van der Waals surface area (Å²) in [6.45, 7) is 6.88. The standard InChI is InChI=1S/C24H26F3N5O/c1-13(15-5-18(24(25,26)27)9-19(28)6-15)29-23-21-7-16-10-32(20-3-4-33-12-20)11-17(16)8-22(21)30-14(2)31-23/h5-9,13,20H,3-4,10-12,28H2,1-2H3,(H,29,30,31)/t13-,20?/m1/s1. The van der Waals surface area contributed by atoms with Crippen LogP contribution in [0.25, 0.3) is 10.9 Å². The Morgan fingerprint density at radius 1 is 1.12 bits per heavy atom. The number of fused-ring (bicyclic) bond motifs is 2. The lowest BCUT2D eigenvalue weighted by Crippen LogP contribution is -2.30. The first-order valence-electron chi connectivity index (χ1n) is 11.0. The average molecular weight is 458 g/mol. The molecule has 1 unspecified atom stereocenters. The van der Waals surface area contributed by atoms with Crippen LogP contribution in [0.2, 0.25) is 0 Å². The molecule has 1 saturated heterocycles. The molecular formula is C24H26F3N5O. The highest BCUT2D eigenvalue weighted by molar-refractivity contribution is 5.90. The minimum absolute atomic E-state index is 0.0750. The fourth-order valence-electron chi connectivity index (χ4n) is 4.72. The van der Waals surface area contributed by atoms with Crippen LogP contribution in [0.5, 0.6) is 0 Å². The fourth-order valence-corrected chi connectivity index (χ4v) is 4.72. The first-order valence-corrected chi connectivity index (χ1v) is 11.0. The molecule has 5 rings (SSSR count). The number of anilines is 2. The lowest BCUT2D eigenvalue weighted by atomic mass is 10.0. The van der Waals surface area contributed by atoms with Crippen LogP contribution in [0.15, 0.2) is 30.3 Å². The molecule has 1 fully saturated rings. The van der Waals surface area contributed by atoms with Crippen LogP contribution in [0.4, 0.5) is 24.7 Å². The number of rotatable bonds is 4. The molecule has 9 heteroatoms. The van der Waals surface area contributed by atoms with E-state index in [0.29, 0.717) is 23.2 Å². The normalized spacial score (nSPS) is 19.7. The van der Waals surface area contributed by atoms with E-state index in [4.69, 9.17) is 10.5 Å². The third kappa shape index (κ3) is 4.35. The number of aryl methyl sites for hydroxylation is 1. The van der Waals surface area contributed by atoms with Crippen LogP contribution < -0.4 is 11.1 Å². The smallest absolute Gasteiger partial charge is 0.399 e. The van der Waals surface area contributed by atoms with E-state index in [-0.39, 0.29) is 5.69 Å². The Balaban J connectivity index is 1.47. The van der Waals surface area contributed by atoms with E-state index in [0.717, 1.165) is 55.8 Å². The van der Waals surface area contributed by atoms with E-state index in [1.165, 1.54) is 11.1 Å². The number of nitrogen functional groups attached to an aromatic ring is 1. The van der Waals surface area contributed by atoms with Gasteiger partial charge in [-0.3, -0.25) is 4.90 Å². The van der Waals surface area contributed by atoms with Crippen molar-refractivity contribution in [2.24, 2.45) is 0 Å². The Morgan fingerprint density at radius 3 is 2.58 bits per heavy atom. The van der Waals surface area contributed by atoms with Crippen molar-refractivity contribution in [3.63, 3.8) is 0 Å². The molecule has 33 heavy (non-hydrogen) atoms. The lowest BCUT2D eigenvalue weighted by molar-refractivity contribution is -0.137. The van der Waals surface area contributed by atoms with Crippen molar-refractivity contribution in [3.05, 3.63) is 58.4 Å². The Morgan fingerprint density at radius 2 is 1.88 bits per heavy atom. The Hall–Kier alpha value is -2.91. The van der Waals surface area contributed by atoms with Crippen LogP contribution in [0.1, 0.15) is 47.5 Å². The number of nitrogens with two attached hydrogens (primary N) is 1. The zero-order valence-corrected chi connectivity index (χ0v) is 18.5. The third-order valence-electron chi connectivity index (χ3n) is 6.46. The summed E-state index contributed by atoms with van der Waals surface area (Å²) in [5, 5.41) is 4.15. The van der Waals surface area contributed by atoms with Gasteiger partial charge in [-0.25, -0.2) is 9.97 Å². The topological polar surface area (TPSA) is 76.3 Å². The summed E-state index contributed by atoms with van der Waals surface area (Å²) in [5.74, 6) is 1.20. The minimum Gasteiger partial charge on any atom is -0.399 e. The molecule has 0 spiro atoms. The van der Waals surface area contributed by atoms with Crippen LogP contribution in [0.3, 0.4) is 0 Å². The summed E-state index contributed by atoms with van der Waals surface area (Å²) >= 11 is 0. The molecule has 0 bridgehead atoms. The Bertz CT molecular complexity index is 1210. The van der Waals surface area contributed by atoms with Gasteiger partial charge in [-0.1, -0.05) is 0 Å². The number of hydrogen-bond donors (Lipinski definition) is 2. The van der Waals surface area contributed by atoms with Gasteiger partial charge in [0.25, 0.3) is 0 Å². The van der Waals surface area contributed by atoms with E-state index < -0.39 is 17.8 Å². The number of aromatic nitrogens is 2. The number of nitrogens with zero attached hydrogens (tertiary/aromatic N) is 3. The van der Waals surface area contributed by atoms with Crippen LogP contribution in [0, 0.1) is 6.92 Å². The molecule has 0 amide bonds. The largest absolute Gasteiger partial charge is 0.416 e. The number of hydrogen-bond acceptors (Lipinski definition) is 6. The molecule has 3 heterocycles. The van der Waals surface area contributed by atoms with Crippen LogP contribution in [-0.2, 0) is 24.0 Å². The molecule has 0 saturated carbocycles.